The first-order valence-electron chi connectivity index (χ1n) is 11.3. The normalized spacial score (nSPS) is 18.3. The average molecular weight is 511 g/mol. The molecule has 0 bridgehead atoms. The molecule has 2 aromatic carbocycles. The van der Waals surface area contributed by atoms with E-state index in [0.29, 0.717) is 11.5 Å². The summed E-state index contributed by atoms with van der Waals surface area (Å²) in [6.45, 7) is 2.22. The largest absolute Gasteiger partial charge is 0.493 e. The fourth-order valence-electron chi connectivity index (χ4n) is 4.54. The molecule has 2 N–H and O–H groups in total. The van der Waals surface area contributed by atoms with E-state index in [2.05, 4.69) is 17.6 Å². The smallest absolute Gasteiger partial charge is 0.318 e. The first-order valence-corrected chi connectivity index (χ1v) is 12.1. The second kappa shape index (κ2) is 9.11. The Morgan fingerprint density at radius 1 is 1.03 bits per heavy atom. The van der Waals surface area contributed by atoms with Crippen molar-refractivity contribution in [3.8, 4) is 17.2 Å². The molecular formula is C24H22N4O7S. The maximum atomic E-state index is 13.0. The molecule has 1 aromatic heterocycles. The summed E-state index contributed by atoms with van der Waals surface area (Å²) in [6, 6.07) is 8.11. The molecular weight excluding hydrogens is 488 g/mol. The molecule has 0 radical (unpaired) electrons. The number of amides is 1. The number of carbonyl (C=O) groups excluding carboxylic acids is 1. The van der Waals surface area contributed by atoms with E-state index in [-0.39, 0.29) is 23.2 Å². The zero-order valence-corrected chi connectivity index (χ0v) is 20.2. The van der Waals surface area contributed by atoms with Gasteiger partial charge in [-0.25, -0.2) is 0 Å². The maximum Gasteiger partial charge on any atom is 0.318 e. The standard InChI is InChI=1S/C24H22N4O7S/c1-12-3-6-15-20(9-12)36-24-21(15)23(29)25-22(26-24)13-4-7-18(19(10-13)34-2)35-17-8-5-14(27(30)31)11-16(17)28(32)33/h4-5,7-8,10-12,22,26H,3,6,9H2,1-2H3,(H,25,29)/t12-,22-/m0/s1. The van der Waals surface area contributed by atoms with Crippen LogP contribution in [-0.2, 0) is 12.8 Å². The molecule has 11 nitrogen and oxygen atoms in total. The topological polar surface area (TPSA) is 146 Å². The van der Waals surface area contributed by atoms with Crippen molar-refractivity contribution in [3.63, 3.8) is 0 Å². The highest BCUT2D eigenvalue weighted by Crippen LogP contribution is 2.44. The third-order valence-corrected chi connectivity index (χ3v) is 7.57. The second-order valence-electron chi connectivity index (χ2n) is 8.79. The number of carbonyl (C=O) groups is 1. The predicted molar refractivity (Wildman–Crippen MR) is 132 cm³/mol. The number of nitro groups is 2. The summed E-state index contributed by atoms with van der Waals surface area (Å²) in [5.41, 5.74) is 1.62. The van der Waals surface area contributed by atoms with Crippen molar-refractivity contribution in [3.05, 3.63) is 78.2 Å². The first-order chi connectivity index (χ1) is 17.2. The monoisotopic (exact) mass is 510 g/mol. The second-order valence-corrected chi connectivity index (χ2v) is 9.89. The molecule has 186 valence electrons. The third-order valence-electron chi connectivity index (χ3n) is 6.38. The lowest BCUT2D eigenvalue weighted by Crippen LogP contribution is -2.38. The predicted octanol–water partition coefficient (Wildman–Crippen LogP) is 5.34. The Kier molecular flexibility index (Phi) is 5.96. The Morgan fingerprint density at radius 2 is 1.81 bits per heavy atom. The van der Waals surface area contributed by atoms with Gasteiger partial charge >= 0.3 is 5.69 Å². The highest BCUT2D eigenvalue weighted by Gasteiger charge is 2.33. The van der Waals surface area contributed by atoms with Gasteiger partial charge in [0.05, 0.1) is 28.6 Å². The van der Waals surface area contributed by atoms with Crippen LogP contribution in [0.25, 0.3) is 0 Å². The van der Waals surface area contributed by atoms with Gasteiger partial charge in [-0.3, -0.25) is 25.0 Å². The van der Waals surface area contributed by atoms with Crippen molar-refractivity contribution in [2.45, 2.75) is 32.4 Å². The highest BCUT2D eigenvalue weighted by atomic mass is 32.1. The Bertz CT molecular complexity index is 1400. The zero-order chi connectivity index (χ0) is 25.6. The van der Waals surface area contributed by atoms with Crippen molar-refractivity contribution in [1.82, 2.24) is 5.32 Å². The van der Waals surface area contributed by atoms with Gasteiger partial charge in [-0.1, -0.05) is 13.0 Å². The van der Waals surface area contributed by atoms with Gasteiger partial charge in [0, 0.05) is 10.9 Å². The van der Waals surface area contributed by atoms with E-state index in [4.69, 9.17) is 9.47 Å². The van der Waals surface area contributed by atoms with Crippen molar-refractivity contribution >= 4 is 33.6 Å². The lowest BCUT2D eigenvalue weighted by atomic mass is 9.88. The van der Waals surface area contributed by atoms with Crippen molar-refractivity contribution < 1.29 is 24.1 Å². The number of nitrogens with one attached hydrogen (secondary N) is 2. The lowest BCUT2D eigenvalue weighted by Gasteiger charge is -2.27. The van der Waals surface area contributed by atoms with Crippen LogP contribution in [0.4, 0.5) is 16.4 Å². The number of nitrogens with zero attached hydrogens (tertiary/aromatic N) is 2. The van der Waals surface area contributed by atoms with Gasteiger partial charge in [0.1, 0.15) is 11.2 Å². The summed E-state index contributed by atoms with van der Waals surface area (Å²) < 4.78 is 11.2. The Morgan fingerprint density at radius 3 is 2.53 bits per heavy atom. The maximum absolute atomic E-state index is 13.0. The van der Waals surface area contributed by atoms with Crippen LogP contribution >= 0.6 is 11.3 Å². The van der Waals surface area contributed by atoms with E-state index in [1.54, 1.807) is 29.5 Å². The molecule has 1 aliphatic heterocycles. The lowest BCUT2D eigenvalue weighted by molar-refractivity contribution is -0.394. The quantitative estimate of drug-likeness (QED) is 0.334. The SMILES string of the molecule is COc1cc([C@H]2NC(=O)c3c(sc4c3CC[C@H](C)C4)N2)ccc1Oc1ccc([N+](=O)[O-])cc1[N+](=O)[O-]. The van der Waals surface area contributed by atoms with E-state index in [1.807, 2.05) is 0 Å². The minimum absolute atomic E-state index is 0.124. The summed E-state index contributed by atoms with van der Waals surface area (Å²) in [5, 5.41) is 29.7. The number of non-ortho nitro benzene ring substituents is 1. The number of hydrogen-bond donors (Lipinski definition) is 2. The van der Waals surface area contributed by atoms with Crippen LogP contribution in [-0.4, -0.2) is 22.9 Å². The van der Waals surface area contributed by atoms with Crippen LogP contribution in [0.2, 0.25) is 0 Å². The Labute approximate surface area is 209 Å². The van der Waals surface area contributed by atoms with E-state index in [0.717, 1.165) is 47.5 Å². The molecule has 2 aliphatic rings. The number of nitro benzene ring substituents is 2. The van der Waals surface area contributed by atoms with Crippen LogP contribution in [0.5, 0.6) is 17.2 Å². The van der Waals surface area contributed by atoms with Gasteiger partial charge in [0.15, 0.2) is 11.5 Å². The zero-order valence-electron chi connectivity index (χ0n) is 19.4. The summed E-state index contributed by atoms with van der Waals surface area (Å²) in [5.74, 6) is 0.771. The minimum Gasteiger partial charge on any atom is -0.493 e. The van der Waals surface area contributed by atoms with Crippen LogP contribution < -0.4 is 20.1 Å². The summed E-state index contributed by atoms with van der Waals surface area (Å²) in [6.07, 6.45) is 2.44. The first kappa shape index (κ1) is 23.5. The van der Waals surface area contributed by atoms with Crippen LogP contribution in [0.3, 0.4) is 0 Å². The Hall–Kier alpha value is -4.19. The molecule has 2 atom stereocenters. The summed E-state index contributed by atoms with van der Waals surface area (Å²) in [7, 11) is 1.43. The number of ether oxygens (including phenoxy) is 2. The summed E-state index contributed by atoms with van der Waals surface area (Å²) in [4.78, 5) is 35.2. The van der Waals surface area contributed by atoms with E-state index in [1.165, 1.54) is 18.1 Å². The van der Waals surface area contributed by atoms with Crippen LogP contribution in [0.15, 0.2) is 36.4 Å². The highest BCUT2D eigenvalue weighted by molar-refractivity contribution is 7.16. The fourth-order valence-corrected chi connectivity index (χ4v) is 5.98. The number of fused-ring (bicyclic) bond motifs is 3. The van der Waals surface area contributed by atoms with E-state index < -0.39 is 27.4 Å². The number of thiophene rings is 1. The molecule has 0 saturated heterocycles. The van der Waals surface area contributed by atoms with Gasteiger partial charge in [0.25, 0.3) is 11.6 Å². The van der Waals surface area contributed by atoms with Gasteiger partial charge in [0.2, 0.25) is 5.75 Å². The number of anilines is 1. The van der Waals surface area contributed by atoms with Gasteiger partial charge in [-0.2, -0.15) is 0 Å². The fraction of sp³-hybridized carbons (Fsp3) is 0.292. The molecule has 12 heteroatoms. The molecule has 0 unspecified atom stereocenters. The molecule has 2 heterocycles. The Balaban J connectivity index is 1.42. The van der Waals surface area contributed by atoms with Crippen LogP contribution in [0.1, 0.15) is 45.9 Å². The van der Waals surface area contributed by atoms with Crippen molar-refractivity contribution in [1.29, 1.82) is 0 Å². The minimum atomic E-state index is -0.746. The average Bonchev–Trinajstić information content (AvgIpc) is 3.22. The molecule has 0 fully saturated rings. The number of hydrogen-bond acceptors (Lipinski definition) is 9. The van der Waals surface area contributed by atoms with Gasteiger partial charge < -0.3 is 20.1 Å². The van der Waals surface area contributed by atoms with E-state index in [9.17, 15) is 25.0 Å². The molecule has 0 saturated carbocycles. The molecule has 3 aromatic rings. The number of methoxy groups -OCH3 is 1. The van der Waals surface area contributed by atoms with E-state index >= 15 is 0 Å². The van der Waals surface area contributed by atoms with Gasteiger partial charge in [-0.15, -0.1) is 11.3 Å². The molecule has 36 heavy (non-hydrogen) atoms. The number of rotatable bonds is 6. The third kappa shape index (κ3) is 4.19. The van der Waals surface area contributed by atoms with Crippen molar-refractivity contribution in [2.24, 2.45) is 5.92 Å². The van der Waals surface area contributed by atoms with Gasteiger partial charge in [-0.05, 0) is 54.5 Å². The van der Waals surface area contributed by atoms with Crippen LogP contribution in [0, 0.1) is 26.1 Å². The molecule has 0 spiro atoms. The number of benzene rings is 2. The molecule has 1 aliphatic carbocycles. The molecule has 5 rings (SSSR count). The summed E-state index contributed by atoms with van der Waals surface area (Å²) >= 11 is 1.63. The van der Waals surface area contributed by atoms with Crippen molar-refractivity contribution in [2.75, 3.05) is 12.4 Å². The molecule has 1 amide bonds.